The Morgan fingerprint density at radius 2 is 2.31 bits per heavy atom. The maximum atomic E-state index is 10.5. The zero-order chi connectivity index (χ0) is 11.5. The first-order valence-electron chi connectivity index (χ1n) is 5.49. The minimum atomic E-state index is -0.108. The Hall–Kier alpha value is -1.42. The summed E-state index contributed by atoms with van der Waals surface area (Å²) in [7, 11) is 1.98. The molecule has 0 amide bonds. The van der Waals surface area contributed by atoms with Gasteiger partial charge in [-0.25, -0.2) is 4.98 Å². The fraction of sp³-hybridized carbons (Fsp3) is 0.500. The zero-order valence-corrected chi connectivity index (χ0v) is 9.34. The Balaban J connectivity index is 1.92. The Labute approximate surface area is 94.9 Å². The van der Waals surface area contributed by atoms with Gasteiger partial charge in [-0.15, -0.1) is 0 Å². The molecule has 1 N–H and O–H groups in total. The molecule has 2 rings (SSSR count). The van der Waals surface area contributed by atoms with Gasteiger partial charge in [-0.1, -0.05) is 0 Å². The van der Waals surface area contributed by atoms with E-state index in [2.05, 4.69) is 9.88 Å². The second kappa shape index (κ2) is 4.61. The van der Waals surface area contributed by atoms with Gasteiger partial charge in [-0.3, -0.25) is 4.79 Å². The molecule has 0 unspecified atom stereocenters. The van der Waals surface area contributed by atoms with Crippen molar-refractivity contribution in [1.29, 1.82) is 0 Å². The van der Waals surface area contributed by atoms with Crippen LogP contribution in [0.4, 0.5) is 5.82 Å². The molecule has 0 atom stereocenters. The molecular weight excluding hydrogens is 204 g/mol. The molecule has 1 fully saturated rings. The maximum absolute atomic E-state index is 10.5. The first kappa shape index (κ1) is 11.1. The summed E-state index contributed by atoms with van der Waals surface area (Å²) in [5.41, 5.74) is 0.594. The summed E-state index contributed by atoms with van der Waals surface area (Å²) in [6.45, 7) is 0.907. The predicted octanol–water partition coefficient (Wildman–Crippen LogP) is 1.10. The van der Waals surface area contributed by atoms with E-state index in [-0.39, 0.29) is 6.10 Å². The molecule has 0 radical (unpaired) electrons. The highest BCUT2D eigenvalue weighted by Gasteiger charge is 2.28. The highest BCUT2D eigenvalue weighted by Crippen LogP contribution is 2.28. The van der Waals surface area contributed by atoms with Crippen LogP contribution in [0, 0.1) is 5.92 Å². The van der Waals surface area contributed by atoms with Crippen LogP contribution in [0.3, 0.4) is 0 Å². The van der Waals surface area contributed by atoms with Crippen molar-refractivity contribution in [2.75, 3.05) is 18.5 Å². The lowest BCUT2D eigenvalue weighted by molar-refractivity contribution is 0.0464. The van der Waals surface area contributed by atoms with Gasteiger partial charge in [0.25, 0.3) is 0 Å². The molecule has 1 aliphatic rings. The van der Waals surface area contributed by atoms with Gasteiger partial charge in [-0.2, -0.15) is 0 Å². The zero-order valence-electron chi connectivity index (χ0n) is 9.34. The molecule has 1 heterocycles. The van der Waals surface area contributed by atoms with Gasteiger partial charge in [-0.05, 0) is 30.9 Å². The van der Waals surface area contributed by atoms with Crippen LogP contribution < -0.4 is 4.90 Å². The number of rotatable bonds is 4. The van der Waals surface area contributed by atoms with Gasteiger partial charge in [0.1, 0.15) is 5.82 Å². The summed E-state index contributed by atoms with van der Waals surface area (Å²) >= 11 is 0. The molecule has 86 valence electrons. The fourth-order valence-electron chi connectivity index (χ4n) is 2.02. The number of carbonyl (C=O) groups excluding carboxylic acids is 1. The average molecular weight is 220 g/mol. The van der Waals surface area contributed by atoms with Crippen molar-refractivity contribution < 1.29 is 9.90 Å². The van der Waals surface area contributed by atoms with E-state index in [9.17, 15) is 9.90 Å². The minimum absolute atomic E-state index is 0.108. The van der Waals surface area contributed by atoms with Crippen molar-refractivity contribution in [3.05, 3.63) is 23.9 Å². The summed E-state index contributed by atoms with van der Waals surface area (Å²) < 4.78 is 0. The van der Waals surface area contributed by atoms with E-state index in [0.717, 1.165) is 31.5 Å². The Bertz CT molecular complexity index is 358. The lowest BCUT2D eigenvalue weighted by atomic mass is 9.82. The number of aliphatic hydroxyl groups is 1. The first-order chi connectivity index (χ1) is 7.69. The van der Waals surface area contributed by atoms with E-state index in [4.69, 9.17) is 0 Å². The van der Waals surface area contributed by atoms with E-state index in [1.165, 1.54) is 0 Å². The summed E-state index contributed by atoms with van der Waals surface area (Å²) in [4.78, 5) is 16.7. The topological polar surface area (TPSA) is 53.4 Å². The summed E-state index contributed by atoms with van der Waals surface area (Å²) in [6.07, 6.45) is 4.03. The number of pyridine rings is 1. The second-order valence-electron chi connectivity index (χ2n) is 4.44. The van der Waals surface area contributed by atoms with Crippen molar-refractivity contribution in [2.24, 2.45) is 5.92 Å². The minimum Gasteiger partial charge on any atom is -0.393 e. The summed E-state index contributed by atoms with van der Waals surface area (Å²) in [5, 5.41) is 9.20. The lowest BCUT2D eigenvalue weighted by Crippen LogP contribution is -2.37. The third-order valence-corrected chi connectivity index (χ3v) is 3.04. The number of aromatic nitrogens is 1. The predicted molar refractivity (Wildman–Crippen MR) is 61.6 cm³/mol. The largest absolute Gasteiger partial charge is 0.393 e. The smallest absolute Gasteiger partial charge is 0.151 e. The third-order valence-electron chi connectivity index (χ3n) is 3.04. The highest BCUT2D eigenvalue weighted by molar-refractivity contribution is 5.74. The Morgan fingerprint density at radius 1 is 1.56 bits per heavy atom. The van der Waals surface area contributed by atoms with Crippen LogP contribution >= 0.6 is 0 Å². The van der Waals surface area contributed by atoms with Crippen LogP contribution in [0.5, 0.6) is 0 Å². The molecule has 0 spiro atoms. The number of aldehydes is 1. The fourth-order valence-corrected chi connectivity index (χ4v) is 2.02. The van der Waals surface area contributed by atoms with Gasteiger partial charge in [0.15, 0.2) is 6.29 Å². The molecule has 4 heteroatoms. The molecule has 1 aliphatic carbocycles. The average Bonchev–Trinajstić information content (AvgIpc) is 2.27. The van der Waals surface area contributed by atoms with Crippen molar-refractivity contribution >= 4 is 12.1 Å². The van der Waals surface area contributed by atoms with Crippen molar-refractivity contribution in [3.63, 3.8) is 0 Å². The van der Waals surface area contributed by atoms with Crippen LogP contribution in [-0.2, 0) is 0 Å². The van der Waals surface area contributed by atoms with Crippen LogP contribution in [0.25, 0.3) is 0 Å². The standard InChI is InChI=1S/C12H16N2O2/c1-14(7-10-4-11(16)5-10)12-3-2-9(8-15)6-13-12/h2-3,6,8,10-11,16H,4-5,7H2,1H3. The Morgan fingerprint density at radius 3 is 2.81 bits per heavy atom. The summed E-state index contributed by atoms with van der Waals surface area (Å²) in [6, 6.07) is 3.61. The van der Waals surface area contributed by atoms with E-state index in [1.807, 2.05) is 13.1 Å². The number of aliphatic hydroxyl groups excluding tert-OH is 1. The molecule has 1 aromatic rings. The maximum Gasteiger partial charge on any atom is 0.151 e. The van der Waals surface area contributed by atoms with Crippen LogP contribution in [0.2, 0.25) is 0 Å². The molecule has 16 heavy (non-hydrogen) atoms. The molecule has 0 aliphatic heterocycles. The number of hydrogen-bond donors (Lipinski definition) is 1. The molecule has 1 aromatic heterocycles. The molecule has 0 saturated heterocycles. The van der Waals surface area contributed by atoms with Crippen LogP contribution in [-0.4, -0.2) is 36.1 Å². The van der Waals surface area contributed by atoms with Gasteiger partial charge < -0.3 is 10.0 Å². The number of carbonyl (C=O) groups is 1. The number of hydrogen-bond acceptors (Lipinski definition) is 4. The van der Waals surface area contributed by atoms with Gasteiger partial charge >= 0.3 is 0 Å². The van der Waals surface area contributed by atoms with Gasteiger partial charge in [0.05, 0.1) is 6.10 Å². The molecular formula is C12H16N2O2. The van der Waals surface area contributed by atoms with Crippen molar-refractivity contribution in [1.82, 2.24) is 4.98 Å². The van der Waals surface area contributed by atoms with E-state index in [0.29, 0.717) is 11.5 Å². The SMILES string of the molecule is CN(CC1CC(O)C1)c1ccc(C=O)cn1. The Kier molecular flexibility index (Phi) is 3.19. The van der Waals surface area contributed by atoms with Crippen LogP contribution in [0.15, 0.2) is 18.3 Å². The van der Waals surface area contributed by atoms with Crippen LogP contribution in [0.1, 0.15) is 23.2 Å². The normalized spacial score (nSPS) is 23.6. The highest BCUT2D eigenvalue weighted by atomic mass is 16.3. The monoisotopic (exact) mass is 220 g/mol. The summed E-state index contributed by atoms with van der Waals surface area (Å²) in [5.74, 6) is 1.43. The van der Waals surface area contributed by atoms with E-state index >= 15 is 0 Å². The lowest BCUT2D eigenvalue weighted by Gasteiger charge is -2.34. The van der Waals surface area contributed by atoms with Gasteiger partial charge in [0.2, 0.25) is 0 Å². The molecule has 0 bridgehead atoms. The molecule has 1 saturated carbocycles. The molecule has 0 aromatic carbocycles. The number of anilines is 1. The third kappa shape index (κ3) is 2.39. The number of nitrogens with zero attached hydrogens (tertiary/aromatic N) is 2. The van der Waals surface area contributed by atoms with Crippen molar-refractivity contribution in [2.45, 2.75) is 18.9 Å². The first-order valence-corrected chi connectivity index (χ1v) is 5.49. The van der Waals surface area contributed by atoms with E-state index in [1.54, 1.807) is 12.3 Å². The second-order valence-corrected chi connectivity index (χ2v) is 4.44. The van der Waals surface area contributed by atoms with E-state index < -0.39 is 0 Å². The van der Waals surface area contributed by atoms with Crippen molar-refractivity contribution in [3.8, 4) is 0 Å². The van der Waals surface area contributed by atoms with Gasteiger partial charge in [0, 0.05) is 25.4 Å². The quantitative estimate of drug-likeness (QED) is 0.772. The molecule has 4 nitrogen and oxygen atoms in total.